The van der Waals surface area contributed by atoms with E-state index in [1.54, 1.807) is 11.0 Å². The van der Waals surface area contributed by atoms with Crippen LogP contribution in [0.1, 0.15) is 17.5 Å². The van der Waals surface area contributed by atoms with Crippen LogP contribution in [0, 0.1) is 19.8 Å². The maximum atomic E-state index is 12.6. The third kappa shape index (κ3) is 4.39. The van der Waals surface area contributed by atoms with E-state index in [0.717, 1.165) is 32.1 Å². The zero-order chi connectivity index (χ0) is 22.8. The molecule has 0 radical (unpaired) electrons. The lowest BCUT2D eigenvalue weighted by molar-refractivity contribution is -0.151. The Balaban J connectivity index is 1.38. The molecule has 2 amide bonds. The predicted octanol–water partition coefficient (Wildman–Crippen LogP) is 4.75. The van der Waals surface area contributed by atoms with Gasteiger partial charge >= 0.3 is 5.97 Å². The minimum absolute atomic E-state index is 0.0642. The second-order valence-corrected chi connectivity index (χ2v) is 8.76. The number of halogens is 1. The van der Waals surface area contributed by atoms with E-state index in [0.29, 0.717) is 5.69 Å². The normalized spacial score (nSPS) is 15.8. The first-order valence-corrected chi connectivity index (χ1v) is 11.1. The van der Waals surface area contributed by atoms with Crippen LogP contribution in [-0.4, -0.2) is 30.9 Å². The second kappa shape index (κ2) is 9.12. The Morgan fingerprint density at radius 3 is 2.62 bits per heavy atom. The zero-order valence-corrected chi connectivity index (χ0v) is 19.4. The highest BCUT2D eigenvalue weighted by atomic mass is 79.9. The monoisotopic (exact) mass is 494 g/mol. The van der Waals surface area contributed by atoms with E-state index >= 15 is 0 Å². The summed E-state index contributed by atoms with van der Waals surface area (Å²) in [5.74, 6) is -1.70. The van der Waals surface area contributed by atoms with Gasteiger partial charge in [0.2, 0.25) is 5.91 Å². The summed E-state index contributed by atoms with van der Waals surface area (Å²) >= 11 is 3.46. The van der Waals surface area contributed by atoms with Gasteiger partial charge in [-0.05, 0) is 48.6 Å². The van der Waals surface area contributed by atoms with Gasteiger partial charge in [0.05, 0.1) is 11.6 Å². The molecule has 164 valence electrons. The van der Waals surface area contributed by atoms with E-state index in [1.165, 1.54) is 0 Å². The maximum Gasteiger partial charge on any atom is 0.311 e. The number of hydrogen-bond donors (Lipinski definition) is 1. The number of benzene rings is 3. The van der Waals surface area contributed by atoms with Crippen molar-refractivity contribution in [1.29, 1.82) is 0 Å². The van der Waals surface area contributed by atoms with Crippen molar-refractivity contribution in [2.24, 2.45) is 5.92 Å². The van der Waals surface area contributed by atoms with Gasteiger partial charge in [-0.1, -0.05) is 52.3 Å². The van der Waals surface area contributed by atoms with E-state index in [4.69, 9.17) is 4.74 Å². The van der Waals surface area contributed by atoms with Gasteiger partial charge < -0.3 is 15.0 Å². The predicted molar refractivity (Wildman–Crippen MR) is 128 cm³/mol. The van der Waals surface area contributed by atoms with Crippen molar-refractivity contribution in [3.05, 3.63) is 70.2 Å². The van der Waals surface area contributed by atoms with Gasteiger partial charge in [-0.3, -0.25) is 14.4 Å². The average molecular weight is 495 g/mol. The van der Waals surface area contributed by atoms with Gasteiger partial charge in [0.25, 0.3) is 5.91 Å². The van der Waals surface area contributed by atoms with Crippen molar-refractivity contribution < 1.29 is 19.1 Å². The van der Waals surface area contributed by atoms with Crippen LogP contribution < -0.4 is 10.2 Å². The molecular formula is C25H23BrN2O4. The first-order chi connectivity index (χ1) is 15.3. The lowest BCUT2D eigenvalue weighted by Gasteiger charge is -2.19. The lowest BCUT2D eigenvalue weighted by atomic mass is 10.1. The molecule has 1 saturated heterocycles. The van der Waals surface area contributed by atoms with Gasteiger partial charge in [-0.15, -0.1) is 0 Å². The molecule has 4 rings (SSSR count). The van der Waals surface area contributed by atoms with Gasteiger partial charge in [0.15, 0.2) is 6.61 Å². The summed E-state index contributed by atoms with van der Waals surface area (Å²) in [6.07, 6.45) is 0.0642. The molecule has 3 aromatic carbocycles. The molecule has 0 aromatic heterocycles. The molecule has 1 aliphatic rings. The van der Waals surface area contributed by atoms with Crippen molar-refractivity contribution in [2.45, 2.75) is 20.3 Å². The summed E-state index contributed by atoms with van der Waals surface area (Å²) in [6, 6.07) is 17.2. The first kappa shape index (κ1) is 22.0. The fourth-order valence-corrected chi connectivity index (χ4v) is 4.34. The summed E-state index contributed by atoms with van der Waals surface area (Å²) in [6.45, 7) is 3.70. The first-order valence-electron chi connectivity index (χ1n) is 10.4. The SMILES string of the molecule is Cc1c(Br)ccc(NC(=O)COC(=O)[C@H]2CC(=O)N(c3cccc4ccccc34)C2)c1C. The van der Waals surface area contributed by atoms with Crippen molar-refractivity contribution in [3.8, 4) is 0 Å². The number of hydrogen-bond acceptors (Lipinski definition) is 4. The fourth-order valence-electron chi connectivity index (χ4n) is 3.91. The Morgan fingerprint density at radius 1 is 1.06 bits per heavy atom. The largest absolute Gasteiger partial charge is 0.455 e. The van der Waals surface area contributed by atoms with Crippen molar-refractivity contribution in [2.75, 3.05) is 23.4 Å². The number of esters is 1. The summed E-state index contributed by atoms with van der Waals surface area (Å²) in [4.78, 5) is 39.1. The molecule has 3 aromatic rings. The molecule has 1 N–H and O–H groups in total. The molecule has 0 unspecified atom stereocenters. The fraction of sp³-hybridized carbons (Fsp3) is 0.240. The van der Waals surface area contributed by atoms with Crippen LogP contribution in [0.5, 0.6) is 0 Å². The highest BCUT2D eigenvalue weighted by Gasteiger charge is 2.37. The second-order valence-electron chi connectivity index (χ2n) is 7.90. The maximum absolute atomic E-state index is 12.6. The van der Waals surface area contributed by atoms with Crippen LogP contribution in [-0.2, 0) is 19.1 Å². The molecule has 7 heteroatoms. The van der Waals surface area contributed by atoms with Gasteiger partial charge in [0.1, 0.15) is 0 Å². The van der Waals surface area contributed by atoms with Crippen LogP contribution >= 0.6 is 15.9 Å². The third-order valence-electron chi connectivity index (χ3n) is 5.86. The molecule has 6 nitrogen and oxygen atoms in total. The van der Waals surface area contributed by atoms with Crippen LogP contribution in [0.25, 0.3) is 10.8 Å². The van der Waals surface area contributed by atoms with Crippen molar-refractivity contribution >= 4 is 55.9 Å². The van der Waals surface area contributed by atoms with E-state index in [9.17, 15) is 14.4 Å². The van der Waals surface area contributed by atoms with Gasteiger partial charge in [-0.25, -0.2) is 0 Å². The minimum Gasteiger partial charge on any atom is -0.455 e. The minimum atomic E-state index is -0.606. The van der Waals surface area contributed by atoms with E-state index in [-0.39, 0.29) is 18.9 Å². The van der Waals surface area contributed by atoms with Crippen LogP contribution in [0.2, 0.25) is 0 Å². The lowest BCUT2D eigenvalue weighted by Crippen LogP contribution is -2.28. The topological polar surface area (TPSA) is 75.7 Å². The highest BCUT2D eigenvalue weighted by Crippen LogP contribution is 2.32. The molecular weight excluding hydrogens is 472 g/mol. The summed E-state index contributed by atoms with van der Waals surface area (Å²) in [7, 11) is 0. The number of anilines is 2. The summed E-state index contributed by atoms with van der Waals surface area (Å²) in [5, 5.41) is 4.76. The molecule has 32 heavy (non-hydrogen) atoms. The number of fused-ring (bicyclic) bond motifs is 1. The smallest absolute Gasteiger partial charge is 0.311 e. The Hall–Kier alpha value is -3.19. The van der Waals surface area contributed by atoms with Gasteiger partial charge in [0, 0.05) is 28.5 Å². The molecule has 0 bridgehead atoms. The Morgan fingerprint density at radius 2 is 1.81 bits per heavy atom. The van der Waals surface area contributed by atoms with Crippen LogP contribution in [0.4, 0.5) is 11.4 Å². The molecule has 1 heterocycles. The molecule has 0 aliphatic carbocycles. The Bertz CT molecular complexity index is 1220. The molecule has 1 atom stereocenters. The number of carbonyl (C=O) groups excluding carboxylic acids is 3. The molecule has 0 saturated carbocycles. The van der Waals surface area contributed by atoms with Gasteiger partial charge in [-0.2, -0.15) is 0 Å². The number of carbonyl (C=O) groups is 3. The van der Waals surface area contributed by atoms with E-state index in [1.807, 2.05) is 62.4 Å². The quantitative estimate of drug-likeness (QED) is 0.519. The molecule has 1 aliphatic heterocycles. The summed E-state index contributed by atoms with van der Waals surface area (Å²) < 4.78 is 6.19. The number of nitrogens with zero attached hydrogens (tertiary/aromatic N) is 1. The van der Waals surface area contributed by atoms with Crippen molar-refractivity contribution in [3.63, 3.8) is 0 Å². The number of amides is 2. The third-order valence-corrected chi connectivity index (χ3v) is 6.72. The Labute approximate surface area is 194 Å². The Kier molecular flexibility index (Phi) is 6.28. The molecule has 0 spiro atoms. The highest BCUT2D eigenvalue weighted by molar-refractivity contribution is 9.10. The van der Waals surface area contributed by atoms with E-state index in [2.05, 4.69) is 21.2 Å². The summed E-state index contributed by atoms with van der Waals surface area (Å²) in [5.41, 5.74) is 3.41. The van der Waals surface area contributed by atoms with Crippen LogP contribution in [0.3, 0.4) is 0 Å². The number of nitrogens with one attached hydrogen (secondary N) is 1. The van der Waals surface area contributed by atoms with Crippen molar-refractivity contribution in [1.82, 2.24) is 0 Å². The standard InChI is InChI=1S/C25H23BrN2O4/c1-15-16(2)21(11-10-20(15)26)27-23(29)14-32-25(31)18-12-24(30)28(13-18)22-9-5-7-17-6-3-4-8-19(17)22/h3-11,18H,12-14H2,1-2H3,(H,27,29)/t18-/m0/s1. The zero-order valence-electron chi connectivity index (χ0n) is 17.9. The number of rotatable bonds is 5. The van der Waals surface area contributed by atoms with Crippen LogP contribution in [0.15, 0.2) is 59.1 Å². The number of ether oxygens (including phenoxy) is 1. The average Bonchev–Trinajstić information content (AvgIpc) is 3.19. The molecule has 1 fully saturated rings. The van der Waals surface area contributed by atoms with E-state index < -0.39 is 24.4 Å².